The second-order valence-electron chi connectivity index (χ2n) is 8.80. The number of fused-ring (bicyclic) bond motifs is 1. The molecule has 0 bridgehead atoms. The van der Waals surface area contributed by atoms with E-state index in [0.29, 0.717) is 10.5 Å². The number of non-ortho nitro benzene ring substituents is 1. The molecule has 0 radical (unpaired) electrons. The molecule has 1 aromatic carbocycles. The molecule has 0 saturated carbocycles. The lowest BCUT2D eigenvalue weighted by Gasteiger charge is -2.49. The quantitative estimate of drug-likeness (QED) is 0.210. The van der Waals surface area contributed by atoms with Crippen LogP contribution in [0.15, 0.2) is 46.5 Å². The second-order valence-corrected chi connectivity index (χ2v) is 12.0. The van der Waals surface area contributed by atoms with Gasteiger partial charge < -0.3 is 20.1 Å². The van der Waals surface area contributed by atoms with Crippen LogP contribution in [0.2, 0.25) is 0 Å². The highest BCUT2D eigenvalue weighted by Gasteiger charge is 2.64. The van der Waals surface area contributed by atoms with E-state index in [9.17, 15) is 38.0 Å². The summed E-state index contributed by atoms with van der Waals surface area (Å²) >= 11 is 1.10. The van der Waals surface area contributed by atoms with Crippen molar-refractivity contribution in [3.05, 3.63) is 62.2 Å². The Balaban J connectivity index is 1.52. The number of carbonyl (C=O) groups is 3. The number of nitro groups is 1. The van der Waals surface area contributed by atoms with Gasteiger partial charge >= 0.3 is 5.97 Å². The van der Waals surface area contributed by atoms with Gasteiger partial charge in [0, 0.05) is 36.6 Å². The topological polar surface area (TPSA) is 173 Å². The normalized spacial score (nSPS) is 26.6. The van der Waals surface area contributed by atoms with Gasteiger partial charge in [0.15, 0.2) is 9.84 Å². The van der Waals surface area contributed by atoms with Gasteiger partial charge in [-0.3, -0.25) is 19.7 Å². The minimum absolute atomic E-state index is 0.00918. The van der Waals surface area contributed by atoms with Crippen molar-refractivity contribution < 1.29 is 37.6 Å². The summed E-state index contributed by atoms with van der Waals surface area (Å²) in [5.74, 6) is -3.33. The molecule has 0 aromatic heterocycles. The summed E-state index contributed by atoms with van der Waals surface area (Å²) in [6, 6.07) is 4.85. The molecule has 2 fully saturated rings. The van der Waals surface area contributed by atoms with E-state index in [-0.39, 0.29) is 42.5 Å². The molecule has 0 spiro atoms. The number of sulfone groups is 1. The van der Waals surface area contributed by atoms with E-state index in [1.807, 2.05) is 0 Å². The van der Waals surface area contributed by atoms with E-state index >= 15 is 0 Å². The molecule has 36 heavy (non-hydrogen) atoms. The summed E-state index contributed by atoms with van der Waals surface area (Å²) in [5.41, 5.74) is -1.32. The maximum Gasteiger partial charge on any atom is 0.356 e. The average Bonchev–Trinajstić information content (AvgIpc) is 3.28. The van der Waals surface area contributed by atoms with Crippen molar-refractivity contribution in [1.82, 2.24) is 10.2 Å². The number of thioether (sulfide) groups is 1. The molecule has 4 rings (SSSR count). The predicted octanol–water partition coefficient (Wildman–Crippen LogP) is 0.970. The Kier molecular flexibility index (Phi) is 6.94. The van der Waals surface area contributed by atoms with E-state index < -0.39 is 50.0 Å². The fourth-order valence-electron chi connectivity index (χ4n) is 4.66. The Morgan fingerprint density at radius 2 is 2.06 bits per heavy atom. The minimum atomic E-state index is -3.47. The molecule has 3 aliphatic rings. The van der Waals surface area contributed by atoms with Gasteiger partial charge in [-0.1, -0.05) is 11.8 Å². The van der Waals surface area contributed by atoms with Gasteiger partial charge in [0.05, 0.1) is 34.0 Å². The van der Waals surface area contributed by atoms with Gasteiger partial charge in [0.2, 0.25) is 11.8 Å². The maximum atomic E-state index is 13.1. The Morgan fingerprint density at radius 1 is 1.36 bits per heavy atom. The molecular weight excluding hydrogens is 514 g/mol. The lowest BCUT2D eigenvalue weighted by Crippen LogP contribution is -2.67. The number of carbonyl (C=O) groups excluding carboxylic acids is 3. The van der Waals surface area contributed by atoms with Crippen molar-refractivity contribution >= 4 is 45.1 Å². The molecular formula is C22H23N3O9S2. The third-order valence-electron chi connectivity index (χ3n) is 6.29. The van der Waals surface area contributed by atoms with Gasteiger partial charge in [-0.15, -0.1) is 0 Å². The summed E-state index contributed by atoms with van der Waals surface area (Å²) in [4.78, 5) is 49.2. The molecule has 1 aromatic rings. The Morgan fingerprint density at radius 3 is 2.64 bits per heavy atom. The van der Waals surface area contributed by atoms with Crippen LogP contribution >= 0.6 is 11.8 Å². The third-order valence-corrected chi connectivity index (χ3v) is 8.97. The van der Waals surface area contributed by atoms with Crippen LogP contribution in [0.3, 0.4) is 0 Å². The lowest BCUT2D eigenvalue weighted by molar-refractivity contribution is -0.384. The van der Waals surface area contributed by atoms with Gasteiger partial charge in [-0.25, -0.2) is 13.2 Å². The third kappa shape index (κ3) is 5.01. The fraction of sp³-hybridized carbons (Fsp3) is 0.409. The van der Waals surface area contributed by atoms with Crippen LogP contribution in [-0.4, -0.2) is 64.3 Å². The summed E-state index contributed by atoms with van der Waals surface area (Å²) in [5, 5.41) is 25.8. The number of ether oxygens (including phenoxy) is 1. The highest BCUT2D eigenvalue weighted by atomic mass is 32.2. The van der Waals surface area contributed by atoms with E-state index in [1.165, 1.54) is 47.7 Å². The first-order valence-corrected chi connectivity index (χ1v) is 13.6. The SMILES string of the molecule is CC(=O)N/C=C/SC1=C(C(=O)OCc2ccc([N+](=O)[O-])cc2)N2C(=O)[C@@H](C3(O)CCS(=O)(=O)C3)[C@H]2C1. The average molecular weight is 538 g/mol. The molecule has 1 unspecified atom stereocenters. The summed E-state index contributed by atoms with van der Waals surface area (Å²) < 4.78 is 29.3. The van der Waals surface area contributed by atoms with Crippen molar-refractivity contribution in [1.29, 1.82) is 0 Å². The summed E-state index contributed by atoms with van der Waals surface area (Å²) in [6.45, 7) is 1.13. The van der Waals surface area contributed by atoms with E-state index in [0.717, 1.165) is 11.8 Å². The maximum absolute atomic E-state index is 13.1. The monoisotopic (exact) mass is 537 g/mol. The highest BCUT2D eigenvalue weighted by molar-refractivity contribution is 8.05. The van der Waals surface area contributed by atoms with Gasteiger partial charge in [-0.05, 0) is 29.5 Å². The van der Waals surface area contributed by atoms with Crippen molar-refractivity contribution in [2.45, 2.75) is 38.0 Å². The van der Waals surface area contributed by atoms with E-state index in [1.54, 1.807) is 0 Å². The molecule has 14 heteroatoms. The molecule has 3 atom stereocenters. The van der Waals surface area contributed by atoms with E-state index in [2.05, 4.69) is 5.32 Å². The summed E-state index contributed by atoms with van der Waals surface area (Å²) in [7, 11) is -3.47. The Labute approximate surface area is 210 Å². The van der Waals surface area contributed by atoms with Gasteiger partial charge in [0.25, 0.3) is 5.69 Å². The van der Waals surface area contributed by atoms with Gasteiger partial charge in [-0.2, -0.15) is 0 Å². The number of nitrogens with zero attached hydrogens (tertiary/aromatic N) is 2. The smallest absolute Gasteiger partial charge is 0.356 e. The zero-order valence-electron chi connectivity index (χ0n) is 19.1. The Hall–Kier alpha value is -3.23. The molecule has 0 aliphatic carbocycles. The number of hydrogen-bond acceptors (Lipinski definition) is 10. The zero-order valence-corrected chi connectivity index (χ0v) is 20.7. The first-order chi connectivity index (χ1) is 16.9. The largest absolute Gasteiger partial charge is 0.456 e. The van der Waals surface area contributed by atoms with Crippen molar-refractivity contribution in [2.75, 3.05) is 11.5 Å². The number of aliphatic hydroxyl groups is 1. The molecule has 12 nitrogen and oxygen atoms in total. The van der Waals surface area contributed by atoms with Crippen molar-refractivity contribution in [3.8, 4) is 0 Å². The van der Waals surface area contributed by atoms with Crippen LogP contribution in [0.4, 0.5) is 5.69 Å². The van der Waals surface area contributed by atoms with Crippen LogP contribution in [-0.2, 0) is 35.6 Å². The number of rotatable bonds is 8. The van der Waals surface area contributed by atoms with E-state index in [4.69, 9.17) is 4.74 Å². The van der Waals surface area contributed by atoms with Crippen LogP contribution in [0.1, 0.15) is 25.3 Å². The minimum Gasteiger partial charge on any atom is -0.456 e. The number of benzene rings is 1. The lowest BCUT2D eigenvalue weighted by atomic mass is 9.74. The number of amides is 2. The molecule has 192 valence electrons. The van der Waals surface area contributed by atoms with Crippen LogP contribution in [0.5, 0.6) is 0 Å². The number of nitrogens with one attached hydrogen (secondary N) is 1. The molecule has 2 amide bonds. The number of nitro benzene ring substituents is 1. The van der Waals surface area contributed by atoms with Crippen LogP contribution in [0, 0.1) is 16.0 Å². The number of hydrogen-bond donors (Lipinski definition) is 2. The fourth-order valence-corrected chi connectivity index (χ4v) is 7.41. The first kappa shape index (κ1) is 25.9. The zero-order chi connectivity index (χ0) is 26.3. The molecule has 2 N–H and O–H groups in total. The van der Waals surface area contributed by atoms with Crippen LogP contribution in [0.25, 0.3) is 0 Å². The van der Waals surface area contributed by atoms with Gasteiger partial charge in [0.1, 0.15) is 12.3 Å². The van der Waals surface area contributed by atoms with Crippen molar-refractivity contribution in [2.24, 2.45) is 5.92 Å². The number of esters is 1. The van der Waals surface area contributed by atoms with Crippen molar-refractivity contribution in [3.63, 3.8) is 0 Å². The highest BCUT2D eigenvalue weighted by Crippen LogP contribution is 2.51. The number of β-lactam (4-membered cyclic amide) rings is 1. The predicted molar refractivity (Wildman–Crippen MR) is 127 cm³/mol. The summed E-state index contributed by atoms with van der Waals surface area (Å²) in [6.07, 6.45) is 1.53. The molecule has 2 saturated heterocycles. The Bertz CT molecular complexity index is 1290. The van der Waals surface area contributed by atoms with Crippen LogP contribution < -0.4 is 5.32 Å². The molecule has 3 aliphatic heterocycles. The first-order valence-electron chi connectivity index (χ1n) is 10.9. The standard InChI is InChI=1S/C22H23N3O9S2/c1-13(26)23-7-8-35-17-10-16-18(22(29)6-9-36(32,33)12-22)20(27)24(16)19(17)21(28)34-11-14-2-4-15(5-3-14)25(30)31/h2-5,7-8,16,18,29H,6,9-12H2,1H3,(H,23,26)/b8-7+/t16-,18+,22?/m1/s1. The molecule has 3 heterocycles. The second kappa shape index (κ2) is 9.67.